The highest BCUT2D eigenvalue weighted by Crippen LogP contribution is 2.55. The minimum absolute atomic E-state index is 0.0413. The third-order valence-electron chi connectivity index (χ3n) is 6.49. The van der Waals surface area contributed by atoms with Gasteiger partial charge in [0.05, 0.1) is 6.10 Å². The molecule has 0 radical (unpaired) electrons. The Morgan fingerprint density at radius 3 is 1.85 bits per heavy atom. The fraction of sp³-hybridized carbons (Fsp3) is 0.950. The number of carbonyl (C=O) groups is 1. The van der Waals surface area contributed by atoms with E-state index in [1.54, 1.807) is 0 Å². The minimum Gasteiger partial charge on any atom is -0.544 e. The number of carboxylic acid groups (broad SMARTS) is 1. The summed E-state index contributed by atoms with van der Waals surface area (Å²) in [5, 5.41) is 10.9. The van der Waals surface area contributed by atoms with Crippen LogP contribution in [-0.2, 0) is 14.3 Å². The summed E-state index contributed by atoms with van der Waals surface area (Å²) in [6, 6.07) is 0. The number of alkyl halides is 2. The molecule has 4 bridgehead atoms. The maximum absolute atomic E-state index is 14.1. The van der Waals surface area contributed by atoms with E-state index in [2.05, 4.69) is 0 Å². The van der Waals surface area contributed by atoms with Crippen LogP contribution in [0, 0.1) is 35.5 Å². The van der Waals surface area contributed by atoms with E-state index >= 15 is 0 Å². The Bertz CT molecular complexity index is 492. The zero-order valence-electron chi connectivity index (χ0n) is 16.1. The van der Waals surface area contributed by atoms with Crippen molar-refractivity contribution in [2.45, 2.75) is 84.2 Å². The molecule has 26 heavy (non-hydrogen) atoms. The first-order chi connectivity index (χ1) is 12.1. The second-order valence-corrected chi connectivity index (χ2v) is 9.35. The van der Waals surface area contributed by atoms with Crippen LogP contribution in [0.1, 0.15) is 59.8 Å². The summed E-state index contributed by atoms with van der Waals surface area (Å²) in [4.78, 5) is 10.9. The number of aliphatic carboxylic acids is 1. The number of hydrogen-bond acceptors (Lipinski definition) is 4. The van der Waals surface area contributed by atoms with Gasteiger partial charge >= 0.3 is 5.92 Å². The molecule has 4 aliphatic carbocycles. The fourth-order valence-electron chi connectivity index (χ4n) is 5.52. The van der Waals surface area contributed by atoms with Crippen LogP contribution in [0.4, 0.5) is 8.78 Å². The lowest BCUT2D eigenvalue weighted by Crippen LogP contribution is -2.55. The molecule has 2 unspecified atom stereocenters. The zero-order chi connectivity index (χ0) is 19.2. The predicted octanol–water partition coefficient (Wildman–Crippen LogP) is 3.24. The molecule has 0 aromatic heterocycles. The SMILES string of the molecule is CC(C)C(OC1C2CC3CC(C2)CC1C3)OC(C(C)C)C(F)(F)C(=O)[O-]. The monoisotopic (exact) mass is 373 g/mol. The van der Waals surface area contributed by atoms with Gasteiger partial charge in [0.25, 0.3) is 0 Å². The van der Waals surface area contributed by atoms with Crippen molar-refractivity contribution in [3.63, 3.8) is 0 Å². The first-order valence-corrected chi connectivity index (χ1v) is 9.99. The molecule has 0 aromatic rings. The summed E-state index contributed by atoms with van der Waals surface area (Å²) in [7, 11) is 0. The average Bonchev–Trinajstić information content (AvgIpc) is 2.51. The van der Waals surface area contributed by atoms with Crippen LogP contribution >= 0.6 is 0 Å². The average molecular weight is 373 g/mol. The van der Waals surface area contributed by atoms with Crippen molar-refractivity contribution >= 4 is 5.97 Å². The van der Waals surface area contributed by atoms with E-state index in [1.165, 1.54) is 20.3 Å². The molecule has 0 N–H and O–H groups in total. The number of rotatable bonds is 8. The summed E-state index contributed by atoms with van der Waals surface area (Å²) >= 11 is 0. The summed E-state index contributed by atoms with van der Waals surface area (Å²) in [6.45, 7) is 6.77. The summed E-state index contributed by atoms with van der Waals surface area (Å²) in [6.07, 6.45) is 3.40. The van der Waals surface area contributed by atoms with Gasteiger partial charge in [-0.05, 0) is 61.7 Å². The molecule has 6 heteroatoms. The number of ether oxygens (including phenoxy) is 2. The standard InChI is InChI=1S/C20H32F2O4/c1-10(2)17(20(21,22)19(23)24)26-18(11(3)4)25-16-14-6-12-5-13(8-14)9-15(16)7-12/h10-18H,5-9H2,1-4H3,(H,23,24)/p-1. The van der Waals surface area contributed by atoms with Crippen molar-refractivity contribution in [2.24, 2.45) is 35.5 Å². The normalized spacial score (nSPS) is 35.9. The zero-order valence-corrected chi connectivity index (χ0v) is 16.1. The molecule has 0 saturated heterocycles. The van der Waals surface area contributed by atoms with Crippen LogP contribution < -0.4 is 5.11 Å². The number of carbonyl (C=O) groups excluding carboxylic acids is 1. The van der Waals surface area contributed by atoms with Crippen molar-refractivity contribution in [2.75, 3.05) is 0 Å². The Morgan fingerprint density at radius 1 is 0.962 bits per heavy atom. The van der Waals surface area contributed by atoms with E-state index in [-0.39, 0.29) is 12.0 Å². The van der Waals surface area contributed by atoms with Crippen LogP contribution in [-0.4, -0.2) is 30.4 Å². The van der Waals surface area contributed by atoms with Crippen molar-refractivity contribution in [1.29, 1.82) is 0 Å². The van der Waals surface area contributed by atoms with Gasteiger partial charge in [0.2, 0.25) is 0 Å². The van der Waals surface area contributed by atoms with Crippen LogP contribution in [0.5, 0.6) is 0 Å². The quantitative estimate of drug-likeness (QED) is 0.613. The molecule has 2 atom stereocenters. The second kappa shape index (κ2) is 7.34. The van der Waals surface area contributed by atoms with E-state index in [0.717, 1.165) is 37.5 Å². The van der Waals surface area contributed by atoms with Crippen molar-refractivity contribution < 1.29 is 28.2 Å². The van der Waals surface area contributed by atoms with E-state index in [9.17, 15) is 18.7 Å². The van der Waals surface area contributed by atoms with Crippen LogP contribution in [0.3, 0.4) is 0 Å². The number of carboxylic acids is 1. The Balaban J connectivity index is 1.72. The Kier molecular flexibility index (Phi) is 5.65. The molecule has 4 aliphatic rings. The highest BCUT2D eigenvalue weighted by Gasteiger charge is 2.51. The van der Waals surface area contributed by atoms with Gasteiger partial charge in [-0.1, -0.05) is 27.7 Å². The van der Waals surface area contributed by atoms with Gasteiger partial charge in [-0.3, -0.25) is 0 Å². The number of hydrogen-bond donors (Lipinski definition) is 0. The van der Waals surface area contributed by atoms with E-state index < -0.39 is 30.2 Å². The summed E-state index contributed by atoms with van der Waals surface area (Å²) in [5.41, 5.74) is 0. The molecule has 0 aromatic carbocycles. The lowest BCUT2D eigenvalue weighted by molar-refractivity contribution is -0.348. The van der Waals surface area contributed by atoms with Crippen LogP contribution in [0.15, 0.2) is 0 Å². The molecule has 0 spiro atoms. The largest absolute Gasteiger partial charge is 0.544 e. The first-order valence-electron chi connectivity index (χ1n) is 9.99. The van der Waals surface area contributed by atoms with E-state index in [0.29, 0.717) is 11.8 Å². The maximum Gasteiger partial charge on any atom is 0.313 e. The molecule has 4 nitrogen and oxygen atoms in total. The first kappa shape index (κ1) is 20.0. The molecular formula is C20H31F2O4-. The molecule has 0 amide bonds. The third-order valence-corrected chi connectivity index (χ3v) is 6.49. The molecular weight excluding hydrogens is 342 g/mol. The molecule has 150 valence electrons. The Hall–Kier alpha value is -0.750. The van der Waals surface area contributed by atoms with Gasteiger partial charge in [0.1, 0.15) is 12.1 Å². The summed E-state index contributed by atoms with van der Waals surface area (Å²) in [5.74, 6) is -4.71. The highest BCUT2D eigenvalue weighted by molar-refractivity contribution is 5.74. The van der Waals surface area contributed by atoms with Gasteiger partial charge < -0.3 is 19.4 Å². The Morgan fingerprint density at radius 2 is 1.46 bits per heavy atom. The van der Waals surface area contributed by atoms with Gasteiger partial charge in [-0.15, -0.1) is 0 Å². The molecule has 0 heterocycles. The topological polar surface area (TPSA) is 58.6 Å². The van der Waals surface area contributed by atoms with Crippen LogP contribution in [0.25, 0.3) is 0 Å². The summed E-state index contributed by atoms with van der Waals surface area (Å²) < 4.78 is 40.1. The maximum atomic E-state index is 14.1. The molecule has 4 saturated carbocycles. The molecule has 0 aliphatic heterocycles. The van der Waals surface area contributed by atoms with Gasteiger partial charge in [-0.2, -0.15) is 8.78 Å². The predicted molar refractivity (Wildman–Crippen MR) is 90.2 cm³/mol. The lowest BCUT2D eigenvalue weighted by atomic mass is 9.55. The molecule has 4 rings (SSSR count). The smallest absolute Gasteiger partial charge is 0.313 e. The molecule has 4 fully saturated rings. The van der Waals surface area contributed by atoms with Gasteiger partial charge in [0, 0.05) is 5.92 Å². The van der Waals surface area contributed by atoms with Crippen molar-refractivity contribution in [3.05, 3.63) is 0 Å². The van der Waals surface area contributed by atoms with Gasteiger partial charge in [0.15, 0.2) is 6.29 Å². The third kappa shape index (κ3) is 3.77. The fourth-order valence-corrected chi connectivity index (χ4v) is 5.52. The van der Waals surface area contributed by atoms with Crippen molar-refractivity contribution in [1.82, 2.24) is 0 Å². The second-order valence-electron chi connectivity index (χ2n) is 9.35. The lowest BCUT2D eigenvalue weighted by Gasteiger charge is -2.54. The highest BCUT2D eigenvalue weighted by atomic mass is 19.3. The van der Waals surface area contributed by atoms with Gasteiger partial charge in [-0.25, -0.2) is 0 Å². The Labute approximate surface area is 154 Å². The van der Waals surface area contributed by atoms with E-state index in [4.69, 9.17) is 9.47 Å². The van der Waals surface area contributed by atoms with Crippen molar-refractivity contribution in [3.8, 4) is 0 Å². The van der Waals surface area contributed by atoms with E-state index in [1.807, 2.05) is 13.8 Å². The van der Waals surface area contributed by atoms with Crippen LogP contribution in [0.2, 0.25) is 0 Å². The minimum atomic E-state index is -4.05. The number of halogens is 2.